The molecule has 22 heavy (non-hydrogen) atoms. The number of nitrogens with zero attached hydrogens (tertiary/aromatic N) is 6. The van der Waals surface area contributed by atoms with Crippen LogP contribution in [0.1, 0.15) is 5.69 Å². The summed E-state index contributed by atoms with van der Waals surface area (Å²) >= 11 is 5.97. The average Bonchev–Trinajstić information content (AvgIpc) is 3.17. The second kappa shape index (κ2) is 5.23. The van der Waals surface area contributed by atoms with Crippen molar-refractivity contribution in [1.82, 2.24) is 29.4 Å². The zero-order valence-corrected chi connectivity index (χ0v) is 12.2. The van der Waals surface area contributed by atoms with Gasteiger partial charge in [0.1, 0.15) is 12.7 Å². The first-order chi connectivity index (χ1) is 10.8. The van der Waals surface area contributed by atoms with Gasteiger partial charge in [0.2, 0.25) is 0 Å². The van der Waals surface area contributed by atoms with Crippen LogP contribution < -0.4 is 0 Å². The Morgan fingerprint density at radius 2 is 1.91 bits per heavy atom. The van der Waals surface area contributed by atoms with Crippen molar-refractivity contribution in [3.05, 3.63) is 66.0 Å². The standard InChI is InChI=1S/C15H11ClN6/c16-12-5-3-11(4-6-12)15-13(8-21-10-17-9-19-21)22-14(20-15)2-1-7-18-22/h1-7,9-10H,8H2. The van der Waals surface area contributed by atoms with E-state index in [0.717, 1.165) is 22.6 Å². The van der Waals surface area contributed by atoms with E-state index < -0.39 is 0 Å². The number of rotatable bonds is 3. The van der Waals surface area contributed by atoms with E-state index >= 15 is 0 Å². The molecule has 0 bridgehead atoms. The predicted molar refractivity (Wildman–Crippen MR) is 82.6 cm³/mol. The molecule has 0 unspecified atom stereocenters. The summed E-state index contributed by atoms with van der Waals surface area (Å²) in [6, 6.07) is 11.4. The molecule has 4 aromatic rings. The van der Waals surface area contributed by atoms with Crippen molar-refractivity contribution >= 4 is 17.2 Å². The molecule has 4 rings (SSSR count). The first-order valence-electron chi connectivity index (χ1n) is 6.72. The summed E-state index contributed by atoms with van der Waals surface area (Å²) in [5.41, 5.74) is 3.60. The number of hydrogen-bond acceptors (Lipinski definition) is 4. The molecule has 6 nitrogen and oxygen atoms in total. The molecule has 0 aliphatic rings. The third kappa shape index (κ3) is 2.23. The Hall–Kier alpha value is -2.73. The highest BCUT2D eigenvalue weighted by Gasteiger charge is 2.15. The largest absolute Gasteiger partial charge is 0.247 e. The lowest BCUT2D eigenvalue weighted by atomic mass is 10.1. The highest BCUT2D eigenvalue weighted by atomic mass is 35.5. The fourth-order valence-corrected chi connectivity index (χ4v) is 2.51. The van der Waals surface area contributed by atoms with Crippen LogP contribution in [0.25, 0.3) is 16.9 Å². The van der Waals surface area contributed by atoms with Crippen LogP contribution in [0.5, 0.6) is 0 Å². The van der Waals surface area contributed by atoms with Gasteiger partial charge in [-0.3, -0.25) is 0 Å². The van der Waals surface area contributed by atoms with Crippen LogP contribution in [0.3, 0.4) is 0 Å². The van der Waals surface area contributed by atoms with Crippen LogP contribution in [-0.2, 0) is 6.54 Å². The quantitative estimate of drug-likeness (QED) is 0.584. The summed E-state index contributed by atoms with van der Waals surface area (Å²) in [4.78, 5) is 8.67. The van der Waals surface area contributed by atoms with Gasteiger partial charge in [-0.25, -0.2) is 19.2 Å². The number of fused-ring (bicyclic) bond motifs is 1. The van der Waals surface area contributed by atoms with E-state index in [9.17, 15) is 0 Å². The molecule has 7 heteroatoms. The van der Waals surface area contributed by atoms with Crippen LogP contribution >= 0.6 is 11.6 Å². The third-order valence-electron chi connectivity index (χ3n) is 3.38. The topological polar surface area (TPSA) is 60.9 Å². The lowest BCUT2D eigenvalue weighted by molar-refractivity contribution is 0.655. The summed E-state index contributed by atoms with van der Waals surface area (Å²) < 4.78 is 3.57. The van der Waals surface area contributed by atoms with Gasteiger partial charge >= 0.3 is 0 Å². The molecule has 0 fully saturated rings. The van der Waals surface area contributed by atoms with Crippen molar-refractivity contribution < 1.29 is 0 Å². The Balaban J connectivity index is 1.91. The fraction of sp³-hybridized carbons (Fsp3) is 0.0667. The van der Waals surface area contributed by atoms with Crippen LogP contribution in [0, 0.1) is 0 Å². The Bertz CT molecular complexity index is 911. The van der Waals surface area contributed by atoms with Crippen molar-refractivity contribution in [3.63, 3.8) is 0 Å². The summed E-state index contributed by atoms with van der Waals surface area (Å²) in [7, 11) is 0. The Kier molecular flexibility index (Phi) is 3.08. The monoisotopic (exact) mass is 310 g/mol. The Morgan fingerprint density at radius 3 is 2.68 bits per heavy atom. The summed E-state index contributed by atoms with van der Waals surface area (Å²) in [6.45, 7) is 0.538. The minimum absolute atomic E-state index is 0.538. The van der Waals surface area contributed by atoms with Crippen LogP contribution in [0.15, 0.2) is 55.2 Å². The van der Waals surface area contributed by atoms with Gasteiger partial charge in [0, 0.05) is 16.8 Å². The first-order valence-corrected chi connectivity index (χ1v) is 7.10. The van der Waals surface area contributed by atoms with Crippen molar-refractivity contribution in [2.24, 2.45) is 0 Å². The number of halogens is 1. The molecule has 108 valence electrons. The highest BCUT2D eigenvalue weighted by Crippen LogP contribution is 2.25. The highest BCUT2D eigenvalue weighted by molar-refractivity contribution is 6.30. The van der Waals surface area contributed by atoms with E-state index in [1.807, 2.05) is 40.9 Å². The van der Waals surface area contributed by atoms with Gasteiger partial charge in [-0.2, -0.15) is 10.2 Å². The fourth-order valence-electron chi connectivity index (χ4n) is 2.38. The molecule has 1 aromatic carbocycles. The average molecular weight is 311 g/mol. The Labute approximate surface area is 131 Å². The zero-order chi connectivity index (χ0) is 14.9. The van der Waals surface area contributed by atoms with Gasteiger partial charge < -0.3 is 0 Å². The number of aromatic nitrogens is 6. The molecular weight excluding hydrogens is 300 g/mol. The van der Waals surface area contributed by atoms with Gasteiger partial charge in [-0.1, -0.05) is 23.7 Å². The third-order valence-corrected chi connectivity index (χ3v) is 3.63. The maximum atomic E-state index is 5.97. The van der Waals surface area contributed by atoms with Crippen LogP contribution in [0.2, 0.25) is 5.02 Å². The van der Waals surface area contributed by atoms with Crippen molar-refractivity contribution in [1.29, 1.82) is 0 Å². The van der Waals surface area contributed by atoms with E-state index in [1.54, 1.807) is 17.2 Å². The van der Waals surface area contributed by atoms with Crippen LogP contribution in [0.4, 0.5) is 0 Å². The van der Waals surface area contributed by atoms with Gasteiger partial charge in [-0.05, 0) is 24.3 Å². The molecule has 0 N–H and O–H groups in total. The molecule has 0 amide bonds. The van der Waals surface area contributed by atoms with E-state index in [1.165, 1.54) is 6.33 Å². The number of imidazole rings is 1. The molecule has 0 saturated heterocycles. The molecule has 0 aliphatic heterocycles. The predicted octanol–water partition coefficient (Wildman–Crippen LogP) is 2.69. The molecule has 3 heterocycles. The molecule has 0 aliphatic carbocycles. The van der Waals surface area contributed by atoms with Gasteiger partial charge in [-0.15, -0.1) is 0 Å². The van der Waals surface area contributed by atoms with Crippen LogP contribution in [-0.4, -0.2) is 29.4 Å². The van der Waals surface area contributed by atoms with E-state index in [-0.39, 0.29) is 0 Å². The van der Waals surface area contributed by atoms with Gasteiger partial charge in [0.05, 0.1) is 17.9 Å². The normalized spacial score (nSPS) is 11.1. The molecule has 0 atom stereocenters. The lowest BCUT2D eigenvalue weighted by Crippen LogP contribution is -2.06. The maximum absolute atomic E-state index is 5.97. The molecular formula is C15H11ClN6. The molecule has 0 radical (unpaired) electrons. The smallest absolute Gasteiger partial charge is 0.154 e. The molecule has 0 saturated carbocycles. The minimum atomic E-state index is 0.538. The van der Waals surface area contributed by atoms with E-state index in [4.69, 9.17) is 11.6 Å². The summed E-state index contributed by atoms with van der Waals surface area (Å²) in [5.74, 6) is 0. The zero-order valence-electron chi connectivity index (χ0n) is 11.5. The van der Waals surface area contributed by atoms with Crippen molar-refractivity contribution in [2.45, 2.75) is 6.54 Å². The first kappa shape index (κ1) is 13.0. The number of benzene rings is 1. The number of hydrogen-bond donors (Lipinski definition) is 0. The Morgan fingerprint density at radius 1 is 1.05 bits per heavy atom. The minimum Gasteiger partial charge on any atom is -0.247 e. The van der Waals surface area contributed by atoms with E-state index in [2.05, 4.69) is 20.2 Å². The summed E-state index contributed by atoms with van der Waals surface area (Å²) in [6.07, 6.45) is 4.93. The lowest BCUT2D eigenvalue weighted by Gasteiger charge is -2.04. The van der Waals surface area contributed by atoms with Crippen molar-refractivity contribution in [3.8, 4) is 11.3 Å². The van der Waals surface area contributed by atoms with E-state index in [0.29, 0.717) is 11.6 Å². The van der Waals surface area contributed by atoms with Crippen molar-refractivity contribution in [2.75, 3.05) is 0 Å². The second-order valence-electron chi connectivity index (χ2n) is 4.80. The SMILES string of the molecule is Clc1ccc(-c2nc3cccnn3c2Cn2cncn2)cc1. The van der Waals surface area contributed by atoms with Gasteiger partial charge in [0.15, 0.2) is 5.65 Å². The van der Waals surface area contributed by atoms with Gasteiger partial charge in [0.25, 0.3) is 0 Å². The maximum Gasteiger partial charge on any atom is 0.154 e. The second-order valence-corrected chi connectivity index (χ2v) is 5.24. The molecule has 3 aromatic heterocycles. The molecule has 0 spiro atoms. The summed E-state index contributed by atoms with van der Waals surface area (Å²) in [5, 5.41) is 9.25.